The predicted octanol–water partition coefficient (Wildman–Crippen LogP) is 4.10. The highest BCUT2D eigenvalue weighted by molar-refractivity contribution is 7.92. The highest BCUT2D eigenvalue weighted by atomic mass is 32.2. The van der Waals surface area contributed by atoms with Crippen molar-refractivity contribution in [1.82, 2.24) is 4.90 Å². The number of thiophene rings is 1. The average molecular weight is 544 g/mol. The molecule has 0 saturated carbocycles. The van der Waals surface area contributed by atoms with Crippen molar-refractivity contribution in [3.63, 3.8) is 0 Å². The second kappa shape index (κ2) is 11.0. The molecule has 2 aromatic carbocycles. The third kappa shape index (κ3) is 5.75. The number of nitrogens with one attached hydrogen (secondary N) is 2. The summed E-state index contributed by atoms with van der Waals surface area (Å²) in [6, 6.07) is 13.9. The van der Waals surface area contributed by atoms with Crippen LogP contribution in [0.2, 0.25) is 0 Å². The van der Waals surface area contributed by atoms with Crippen LogP contribution in [0.25, 0.3) is 0 Å². The van der Waals surface area contributed by atoms with Crippen molar-refractivity contribution in [3.8, 4) is 0 Å². The number of carbonyl (C=O) groups excluding carboxylic acids is 3. The third-order valence-electron chi connectivity index (χ3n) is 5.65. The van der Waals surface area contributed by atoms with E-state index in [2.05, 4.69) is 10.0 Å². The van der Waals surface area contributed by atoms with Crippen LogP contribution in [-0.4, -0.2) is 51.5 Å². The Kier molecular flexibility index (Phi) is 7.79. The van der Waals surface area contributed by atoms with Crippen LogP contribution < -0.4 is 10.0 Å². The van der Waals surface area contributed by atoms with Gasteiger partial charge >= 0.3 is 12.1 Å². The molecule has 12 heteroatoms. The van der Waals surface area contributed by atoms with E-state index in [4.69, 9.17) is 9.47 Å². The number of carbonyl (C=O) groups is 3. The SMILES string of the molecule is CCOC(=O)c1c(NC(=O)c2ccc(NS(=O)(=O)c3ccccc3)cc2)sc2c1CCN(C(=O)OC)C2. The van der Waals surface area contributed by atoms with Gasteiger partial charge in [0.1, 0.15) is 5.00 Å². The van der Waals surface area contributed by atoms with Gasteiger partial charge in [-0.05, 0) is 55.3 Å². The Balaban J connectivity index is 1.54. The summed E-state index contributed by atoms with van der Waals surface area (Å²) in [5.41, 5.74) is 1.58. The van der Waals surface area contributed by atoms with Gasteiger partial charge in [0.2, 0.25) is 0 Å². The van der Waals surface area contributed by atoms with Crippen molar-refractivity contribution in [2.75, 3.05) is 30.3 Å². The number of methoxy groups -OCH3 is 1. The summed E-state index contributed by atoms with van der Waals surface area (Å²) in [6.07, 6.45) is -0.0495. The van der Waals surface area contributed by atoms with Crippen molar-refractivity contribution in [2.45, 2.75) is 24.8 Å². The van der Waals surface area contributed by atoms with Crippen LogP contribution in [0.5, 0.6) is 0 Å². The van der Waals surface area contributed by atoms with Crippen molar-refractivity contribution >= 4 is 50.0 Å². The van der Waals surface area contributed by atoms with Crippen molar-refractivity contribution in [3.05, 3.63) is 76.2 Å². The first kappa shape index (κ1) is 26.2. The first-order valence-corrected chi connectivity index (χ1v) is 13.7. The molecule has 37 heavy (non-hydrogen) atoms. The van der Waals surface area contributed by atoms with E-state index in [-0.39, 0.29) is 29.2 Å². The first-order chi connectivity index (χ1) is 17.7. The van der Waals surface area contributed by atoms with Gasteiger partial charge in [-0.25, -0.2) is 18.0 Å². The normalized spacial score (nSPS) is 12.9. The number of sulfonamides is 1. The lowest BCUT2D eigenvalue weighted by molar-refractivity contribution is 0.0526. The molecule has 194 valence electrons. The minimum absolute atomic E-state index is 0.121. The van der Waals surface area contributed by atoms with E-state index in [1.807, 2.05) is 0 Å². The summed E-state index contributed by atoms with van der Waals surface area (Å²) in [4.78, 5) is 40.1. The lowest BCUT2D eigenvalue weighted by Crippen LogP contribution is -2.35. The summed E-state index contributed by atoms with van der Waals surface area (Å²) in [7, 11) is -2.46. The molecule has 0 saturated heterocycles. The number of rotatable bonds is 7. The van der Waals surface area contributed by atoms with Gasteiger partial charge in [-0.1, -0.05) is 18.2 Å². The molecule has 2 heterocycles. The maximum Gasteiger partial charge on any atom is 0.409 e. The Bertz CT molecular complexity index is 1420. The standard InChI is InChI=1S/C25H25N3O7S2/c1-3-35-24(30)21-19-13-14-28(25(31)34-2)15-20(19)36-23(21)26-22(29)16-9-11-17(12-10-16)27-37(32,33)18-7-5-4-6-8-18/h4-12,27H,3,13-15H2,1-2H3,(H,26,29). The second-order valence-electron chi connectivity index (χ2n) is 8.02. The summed E-state index contributed by atoms with van der Waals surface area (Å²) >= 11 is 1.21. The van der Waals surface area contributed by atoms with Crippen LogP contribution in [-0.2, 0) is 32.5 Å². The molecule has 4 rings (SSSR count). The van der Waals surface area contributed by atoms with Gasteiger partial charge in [-0.2, -0.15) is 0 Å². The van der Waals surface area contributed by atoms with Crippen LogP contribution >= 0.6 is 11.3 Å². The van der Waals surface area contributed by atoms with Gasteiger partial charge in [0.05, 0.1) is 30.7 Å². The number of amides is 2. The Morgan fingerprint density at radius 1 is 1.05 bits per heavy atom. The van der Waals surface area contributed by atoms with Crippen LogP contribution in [0, 0.1) is 0 Å². The van der Waals surface area contributed by atoms with E-state index in [9.17, 15) is 22.8 Å². The minimum Gasteiger partial charge on any atom is -0.462 e. The zero-order chi connectivity index (χ0) is 26.6. The van der Waals surface area contributed by atoms with Gasteiger partial charge in [0.15, 0.2) is 0 Å². The van der Waals surface area contributed by atoms with Gasteiger partial charge in [0.25, 0.3) is 15.9 Å². The Labute approximate surface area is 218 Å². The summed E-state index contributed by atoms with van der Waals surface area (Å²) < 4.78 is 37.6. The number of esters is 1. The smallest absolute Gasteiger partial charge is 0.409 e. The molecule has 0 bridgehead atoms. The largest absolute Gasteiger partial charge is 0.462 e. The van der Waals surface area contributed by atoms with E-state index in [0.29, 0.717) is 23.7 Å². The third-order valence-corrected chi connectivity index (χ3v) is 8.18. The topological polar surface area (TPSA) is 131 Å². The van der Waals surface area contributed by atoms with Crippen LogP contribution in [0.3, 0.4) is 0 Å². The van der Waals surface area contributed by atoms with Gasteiger partial charge in [0, 0.05) is 22.7 Å². The molecule has 0 fully saturated rings. The summed E-state index contributed by atoms with van der Waals surface area (Å²) in [5.74, 6) is -1.03. The van der Waals surface area contributed by atoms with Crippen molar-refractivity contribution in [2.24, 2.45) is 0 Å². The van der Waals surface area contributed by atoms with Gasteiger partial charge < -0.3 is 19.7 Å². The predicted molar refractivity (Wildman–Crippen MR) is 138 cm³/mol. The monoisotopic (exact) mass is 543 g/mol. The number of nitrogens with zero attached hydrogens (tertiary/aromatic N) is 1. The highest BCUT2D eigenvalue weighted by Gasteiger charge is 2.31. The molecule has 2 N–H and O–H groups in total. The molecule has 1 aromatic heterocycles. The lowest BCUT2D eigenvalue weighted by atomic mass is 10.0. The summed E-state index contributed by atoms with van der Waals surface area (Å²) in [6.45, 7) is 2.49. The Morgan fingerprint density at radius 3 is 2.41 bits per heavy atom. The zero-order valence-electron chi connectivity index (χ0n) is 20.1. The van der Waals surface area contributed by atoms with E-state index in [1.54, 1.807) is 25.1 Å². The number of ether oxygens (including phenoxy) is 2. The maximum absolute atomic E-state index is 13.0. The van der Waals surface area contributed by atoms with Crippen LogP contribution in [0.1, 0.15) is 38.1 Å². The van der Waals surface area contributed by atoms with Crippen molar-refractivity contribution < 1.29 is 32.3 Å². The number of hydrogen-bond acceptors (Lipinski definition) is 8. The molecule has 0 radical (unpaired) electrons. The van der Waals surface area contributed by atoms with Crippen LogP contribution in [0.15, 0.2) is 59.5 Å². The van der Waals surface area contributed by atoms with Gasteiger partial charge in [-0.15, -0.1) is 11.3 Å². The first-order valence-electron chi connectivity index (χ1n) is 11.4. The van der Waals surface area contributed by atoms with Crippen molar-refractivity contribution in [1.29, 1.82) is 0 Å². The van der Waals surface area contributed by atoms with Gasteiger partial charge in [-0.3, -0.25) is 9.52 Å². The number of fused-ring (bicyclic) bond motifs is 1. The molecule has 10 nitrogen and oxygen atoms in total. The molecule has 1 aliphatic heterocycles. The Morgan fingerprint density at radius 2 is 1.76 bits per heavy atom. The molecule has 0 aliphatic carbocycles. The molecule has 0 atom stereocenters. The second-order valence-corrected chi connectivity index (χ2v) is 10.8. The van der Waals surface area contributed by atoms with E-state index in [1.165, 1.54) is 59.7 Å². The fourth-order valence-electron chi connectivity index (χ4n) is 3.87. The zero-order valence-corrected chi connectivity index (χ0v) is 21.8. The fourth-order valence-corrected chi connectivity index (χ4v) is 6.20. The quantitative estimate of drug-likeness (QED) is 0.429. The molecular weight excluding hydrogens is 518 g/mol. The maximum atomic E-state index is 13.0. The van der Waals surface area contributed by atoms with Crippen LogP contribution in [0.4, 0.5) is 15.5 Å². The van der Waals surface area contributed by atoms with E-state index in [0.717, 1.165) is 10.4 Å². The molecule has 3 aromatic rings. The fraction of sp³-hybridized carbons (Fsp3) is 0.240. The molecule has 0 spiro atoms. The van der Waals surface area contributed by atoms with E-state index >= 15 is 0 Å². The average Bonchev–Trinajstić information content (AvgIpc) is 3.26. The lowest BCUT2D eigenvalue weighted by Gasteiger charge is -2.25. The number of anilines is 2. The molecule has 2 amide bonds. The number of benzene rings is 2. The highest BCUT2D eigenvalue weighted by Crippen LogP contribution is 2.38. The molecule has 1 aliphatic rings. The summed E-state index contributed by atoms with van der Waals surface area (Å²) in [5, 5.41) is 3.11. The van der Waals surface area contributed by atoms with E-state index < -0.39 is 28.0 Å². The number of hydrogen-bond donors (Lipinski definition) is 2. The minimum atomic E-state index is -3.77. The molecular formula is C25H25N3O7S2. The Hall–Kier alpha value is -3.90. The molecule has 0 unspecified atom stereocenters.